The molecule has 0 saturated heterocycles. The second kappa shape index (κ2) is 10.1. The van der Waals surface area contributed by atoms with Crippen LogP contribution in [-0.2, 0) is 6.18 Å². The van der Waals surface area contributed by atoms with E-state index in [1.807, 2.05) is 68.4 Å². The van der Waals surface area contributed by atoms with Crippen LogP contribution in [0.25, 0.3) is 66.1 Å². The third kappa shape index (κ3) is 4.13. The van der Waals surface area contributed by atoms with E-state index in [4.69, 9.17) is 0 Å². The Morgan fingerprint density at radius 3 is 1.74 bits per heavy atom. The Bertz CT molecular complexity index is 2560. The van der Waals surface area contributed by atoms with Crippen LogP contribution in [0.15, 0.2) is 121 Å². The van der Waals surface area contributed by atoms with Gasteiger partial charge in [0, 0.05) is 27.1 Å². The highest BCUT2D eigenvalue weighted by molar-refractivity contribution is 6.11. The molecule has 0 radical (unpaired) electrons. The standard InChI is InChI=1S/C40H26F3N3/c1-24-14-16-31-29-10-3-5-12-34(29)45(37(31)20-24)36-19-18-28(26-8-7-9-27(22-26)40(41,42)43)39(33(36)23-44)46-35-13-6-4-11-30(35)32-17-15-25(2)21-38(32)46/h3-22H,1-2H3. The molecule has 0 fully saturated rings. The Kier molecular flexibility index (Phi) is 6.10. The predicted molar refractivity (Wildman–Crippen MR) is 180 cm³/mol. The van der Waals surface area contributed by atoms with Crippen LogP contribution in [0.5, 0.6) is 0 Å². The number of rotatable bonds is 3. The SMILES string of the molecule is Cc1ccc2c3ccccc3n(-c3ccc(-c4cccc(C(F)(F)F)c4)c(-n4c5ccccc5c5ccc(C)cc54)c3C#N)c2c1. The largest absolute Gasteiger partial charge is 0.416 e. The summed E-state index contributed by atoms with van der Waals surface area (Å²) in [4.78, 5) is 0. The molecular formula is C40H26F3N3. The van der Waals surface area contributed by atoms with Crippen molar-refractivity contribution in [1.29, 1.82) is 5.26 Å². The first kappa shape index (κ1) is 27.7. The molecule has 0 amide bonds. The van der Waals surface area contributed by atoms with Gasteiger partial charge in [-0.1, -0.05) is 78.9 Å². The summed E-state index contributed by atoms with van der Waals surface area (Å²) in [5.41, 5.74) is 7.47. The van der Waals surface area contributed by atoms with Gasteiger partial charge in [-0.3, -0.25) is 0 Å². The number of aryl methyl sites for hydroxylation is 2. The van der Waals surface area contributed by atoms with Crippen LogP contribution in [0.2, 0.25) is 0 Å². The van der Waals surface area contributed by atoms with Crippen molar-refractivity contribution in [1.82, 2.24) is 9.13 Å². The zero-order valence-corrected chi connectivity index (χ0v) is 25.0. The van der Waals surface area contributed by atoms with Crippen LogP contribution in [-0.4, -0.2) is 9.13 Å². The summed E-state index contributed by atoms with van der Waals surface area (Å²) in [5, 5.41) is 15.2. The highest BCUT2D eigenvalue weighted by Crippen LogP contribution is 2.43. The van der Waals surface area contributed by atoms with E-state index in [9.17, 15) is 18.4 Å². The highest BCUT2D eigenvalue weighted by Gasteiger charge is 2.31. The average molecular weight is 606 g/mol. The number of nitrogens with zero attached hydrogens (tertiary/aromatic N) is 3. The molecule has 0 aliphatic carbocycles. The van der Waals surface area contributed by atoms with Gasteiger partial charge in [-0.25, -0.2) is 0 Å². The monoisotopic (exact) mass is 605 g/mol. The van der Waals surface area contributed by atoms with Crippen LogP contribution < -0.4 is 0 Å². The molecule has 2 heterocycles. The average Bonchev–Trinajstić information content (AvgIpc) is 3.55. The molecule has 0 spiro atoms. The summed E-state index contributed by atoms with van der Waals surface area (Å²) in [7, 11) is 0. The molecule has 0 bridgehead atoms. The number of para-hydroxylation sites is 2. The Balaban J connectivity index is 1.57. The molecule has 6 aromatic carbocycles. The summed E-state index contributed by atoms with van der Waals surface area (Å²) in [6.45, 7) is 4.05. The van der Waals surface area contributed by atoms with E-state index in [0.29, 0.717) is 28.1 Å². The molecule has 3 nitrogen and oxygen atoms in total. The van der Waals surface area contributed by atoms with Crippen LogP contribution in [0.1, 0.15) is 22.3 Å². The Labute approximate surface area is 263 Å². The Morgan fingerprint density at radius 2 is 1.13 bits per heavy atom. The van der Waals surface area contributed by atoms with Crippen molar-refractivity contribution < 1.29 is 13.2 Å². The van der Waals surface area contributed by atoms with Gasteiger partial charge in [0.25, 0.3) is 0 Å². The summed E-state index contributed by atoms with van der Waals surface area (Å²) in [5.74, 6) is 0. The second-order valence-electron chi connectivity index (χ2n) is 11.8. The zero-order chi connectivity index (χ0) is 31.7. The van der Waals surface area contributed by atoms with E-state index in [2.05, 4.69) is 57.7 Å². The lowest BCUT2D eigenvalue weighted by Crippen LogP contribution is -2.08. The molecule has 222 valence electrons. The van der Waals surface area contributed by atoms with Crippen molar-refractivity contribution in [2.75, 3.05) is 0 Å². The number of hydrogen-bond donors (Lipinski definition) is 0. The lowest BCUT2D eigenvalue weighted by molar-refractivity contribution is -0.137. The smallest absolute Gasteiger partial charge is 0.308 e. The molecule has 0 unspecified atom stereocenters. The van der Waals surface area contributed by atoms with Crippen molar-refractivity contribution >= 4 is 43.6 Å². The van der Waals surface area contributed by atoms with Crippen LogP contribution in [0.3, 0.4) is 0 Å². The summed E-state index contributed by atoms with van der Waals surface area (Å²) >= 11 is 0. The molecule has 46 heavy (non-hydrogen) atoms. The fraction of sp³-hybridized carbons (Fsp3) is 0.0750. The van der Waals surface area contributed by atoms with E-state index >= 15 is 0 Å². The maximum Gasteiger partial charge on any atom is 0.416 e. The van der Waals surface area contributed by atoms with Gasteiger partial charge in [-0.15, -0.1) is 0 Å². The first-order chi connectivity index (χ1) is 22.2. The number of aromatic nitrogens is 2. The minimum Gasteiger partial charge on any atom is -0.308 e. The van der Waals surface area contributed by atoms with Gasteiger partial charge < -0.3 is 9.13 Å². The molecule has 8 rings (SSSR count). The second-order valence-corrected chi connectivity index (χ2v) is 11.8. The summed E-state index contributed by atoms with van der Waals surface area (Å²) < 4.78 is 46.1. The molecule has 2 aromatic heterocycles. The fourth-order valence-electron chi connectivity index (χ4n) is 6.87. The van der Waals surface area contributed by atoms with Gasteiger partial charge in [0.05, 0.1) is 39.0 Å². The third-order valence-electron chi connectivity index (χ3n) is 8.89. The number of benzene rings is 6. The number of hydrogen-bond acceptors (Lipinski definition) is 1. The van der Waals surface area contributed by atoms with Crippen LogP contribution in [0, 0.1) is 25.2 Å². The van der Waals surface area contributed by atoms with E-state index in [1.165, 1.54) is 12.1 Å². The molecule has 0 N–H and O–H groups in total. The van der Waals surface area contributed by atoms with E-state index in [1.54, 1.807) is 6.07 Å². The lowest BCUT2D eigenvalue weighted by Gasteiger charge is -2.20. The highest BCUT2D eigenvalue weighted by atomic mass is 19.4. The molecule has 0 atom stereocenters. The van der Waals surface area contributed by atoms with Gasteiger partial charge >= 0.3 is 6.18 Å². The molecule has 8 aromatic rings. The lowest BCUT2D eigenvalue weighted by atomic mass is 9.96. The van der Waals surface area contributed by atoms with Gasteiger partial charge in [-0.05, 0) is 73.0 Å². The number of fused-ring (bicyclic) bond motifs is 6. The number of alkyl halides is 3. The molecule has 0 aliphatic rings. The van der Waals surface area contributed by atoms with Gasteiger partial charge in [0.15, 0.2) is 0 Å². The quantitative estimate of drug-likeness (QED) is 0.197. The number of nitriles is 1. The van der Waals surface area contributed by atoms with Gasteiger partial charge in [-0.2, -0.15) is 18.4 Å². The number of halogens is 3. The van der Waals surface area contributed by atoms with Crippen LogP contribution in [0.4, 0.5) is 13.2 Å². The fourth-order valence-corrected chi connectivity index (χ4v) is 6.87. The van der Waals surface area contributed by atoms with Crippen LogP contribution >= 0.6 is 0 Å². The first-order valence-electron chi connectivity index (χ1n) is 15.0. The molecule has 6 heteroatoms. The maximum absolute atomic E-state index is 14.0. The minimum atomic E-state index is -4.51. The third-order valence-corrected chi connectivity index (χ3v) is 8.89. The Morgan fingerprint density at radius 1 is 0.565 bits per heavy atom. The van der Waals surface area contributed by atoms with E-state index in [-0.39, 0.29) is 0 Å². The predicted octanol–water partition coefficient (Wildman–Crippen LogP) is 11.1. The van der Waals surface area contributed by atoms with E-state index in [0.717, 1.165) is 60.8 Å². The first-order valence-corrected chi connectivity index (χ1v) is 15.0. The molecule has 0 saturated carbocycles. The van der Waals surface area contributed by atoms with Crippen molar-refractivity contribution in [3.8, 4) is 28.6 Å². The van der Waals surface area contributed by atoms with Crippen molar-refractivity contribution in [2.24, 2.45) is 0 Å². The summed E-state index contributed by atoms with van der Waals surface area (Å²) in [6, 6.07) is 40.1. The maximum atomic E-state index is 14.0. The van der Waals surface area contributed by atoms with E-state index < -0.39 is 11.7 Å². The van der Waals surface area contributed by atoms with Crippen molar-refractivity contribution in [3.05, 3.63) is 144 Å². The van der Waals surface area contributed by atoms with Gasteiger partial charge in [0.1, 0.15) is 11.6 Å². The normalized spacial score (nSPS) is 12.0. The summed E-state index contributed by atoms with van der Waals surface area (Å²) in [6.07, 6.45) is -4.51. The minimum absolute atomic E-state index is 0.364. The molecule has 0 aliphatic heterocycles. The van der Waals surface area contributed by atoms with Crippen molar-refractivity contribution in [2.45, 2.75) is 20.0 Å². The van der Waals surface area contributed by atoms with Crippen molar-refractivity contribution in [3.63, 3.8) is 0 Å². The zero-order valence-electron chi connectivity index (χ0n) is 25.0. The topological polar surface area (TPSA) is 33.6 Å². The molecular weight excluding hydrogens is 579 g/mol. The van der Waals surface area contributed by atoms with Gasteiger partial charge in [0.2, 0.25) is 0 Å². The Hall–Kier alpha value is -5.80.